The van der Waals surface area contributed by atoms with Crippen LogP contribution in [0.3, 0.4) is 0 Å². The predicted octanol–water partition coefficient (Wildman–Crippen LogP) is 3.49. The van der Waals surface area contributed by atoms with Crippen LogP contribution in [0.25, 0.3) is 16.9 Å². The highest BCUT2D eigenvalue weighted by Gasteiger charge is 2.20. The summed E-state index contributed by atoms with van der Waals surface area (Å²) >= 11 is 5.94. The molecule has 3 rings (SSSR count). The van der Waals surface area contributed by atoms with Crippen LogP contribution in [0.15, 0.2) is 59.4 Å². The van der Waals surface area contributed by atoms with Crippen LogP contribution >= 0.6 is 11.6 Å². The molecule has 0 spiro atoms. The fraction of sp³-hybridized carbons (Fsp3) is 0.190. The smallest absolute Gasteiger partial charge is 0.284 e. The van der Waals surface area contributed by atoms with E-state index < -0.39 is 33.1 Å². The zero-order valence-electron chi connectivity index (χ0n) is 16.8. The van der Waals surface area contributed by atoms with Crippen LogP contribution in [0.1, 0.15) is 17.3 Å². The van der Waals surface area contributed by atoms with Crippen LogP contribution in [0.2, 0.25) is 5.02 Å². The lowest BCUT2D eigenvalue weighted by molar-refractivity contribution is 0.0941. The van der Waals surface area contributed by atoms with Crippen molar-refractivity contribution in [3.63, 3.8) is 0 Å². The van der Waals surface area contributed by atoms with E-state index in [2.05, 4.69) is 10.4 Å². The topological polar surface area (TPSA) is 105 Å². The molecule has 0 radical (unpaired) electrons. The van der Waals surface area contributed by atoms with Gasteiger partial charge in [-0.2, -0.15) is 9.78 Å². The lowest BCUT2D eigenvalue weighted by Gasteiger charge is -2.15. The summed E-state index contributed by atoms with van der Waals surface area (Å²) in [6.07, 6.45) is 1.28. The molecule has 1 unspecified atom stereocenters. The number of rotatable bonds is 6. The van der Waals surface area contributed by atoms with Crippen LogP contribution in [0.5, 0.6) is 0 Å². The minimum Gasteiger partial charge on any atom is -0.348 e. The molecule has 2 aromatic carbocycles. The zero-order valence-corrected chi connectivity index (χ0v) is 18.3. The van der Waals surface area contributed by atoms with Crippen molar-refractivity contribution in [3.8, 4) is 16.9 Å². The van der Waals surface area contributed by atoms with Crippen LogP contribution in [0, 0.1) is 10.6 Å². The van der Waals surface area contributed by atoms with Gasteiger partial charge in [-0.3, -0.25) is 18.6 Å². The Morgan fingerprint density at radius 1 is 1.26 bits per heavy atom. The molecule has 1 heterocycles. The van der Waals surface area contributed by atoms with Gasteiger partial charge >= 0.3 is 0 Å². The van der Waals surface area contributed by atoms with E-state index in [1.807, 2.05) is 0 Å². The minimum absolute atomic E-state index is 0.0635. The first-order valence-corrected chi connectivity index (χ1v) is 11.7. The molecule has 2 atom stereocenters. The van der Waals surface area contributed by atoms with Crippen LogP contribution < -0.4 is 10.9 Å². The lowest BCUT2D eigenvalue weighted by Crippen LogP contribution is -2.40. The Morgan fingerprint density at radius 3 is 2.55 bits per heavy atom. The first-order chi connectivity index (χ1) is 14.5. The van der Waals surface area contributed by atoms with Crippen molar-refractivity contribution in [2.75, 3.05) is 12.0 Å². The summed E-state index contributed by atoms with van der Waals surface area (Å²) in [7, 11) is -2.84. The van der Waals surface area contributed by atoms with E-state index in [0.29, 0.717) is 16.3 Å². The third kappa shape index (κ3) is 5.77. The second kappa shape index (κ2) is 8.99. The maximum Gasteiger partial charge on any atom is 0.284 e. The number of nitrogens with one attached hydrogen (secondary N) is 2. The van der Waals surface area contributed by atoms with E-state index in [4.69, 9.17) is 16.4 Å². The summed E-state index contributed by atoms with van der Waals surface area (Å²) in [6, 6.07) is 12.7. The summed E-state index contributed by atoms with van der Waals surface area (Å²) in [5.74, 6) is -1.33. The fourth-order valence-electron chi connectivity index (χ4n) is 3.02. The molecule has 2 N–H and O–H groups in total. The second-order valence-corrected chi connectivity index (χ2v) is 9.97. The number of carbonyl (C=O) groups is 1. The molecule has 0 saturated carbocycles. The summed E-state index contributed by atoms with van der Waals surface area (Å²) in [4.78, 5) is 25.9. The van der Waals surface area contributed by atoms with Gasteiger partial charge < -0.3 is 5.32 Å². The van der Waals surface area contributed by atoms with Crippen molar-refractivity contribution in [2.24, 2.45) is 0 Å². The Labute approximate surface area is 183 Å². The highest BCUT2D eigenvalue weighted by atomic mass is 35.5. The van der Waals surface area contributed by atoms with Crippen LogP contribution in [-0.4, -0.2) is 37.9 Å². The molecule has 0 saturated heterocycles. The Hall–Kier alpha value is -3.04. The first kappa shape index (κ1) is 22.6. The van der Waals surface area contributed by atoms with Crippen molar-refractivity contribution >= 4 is 27.2 Å². The maximum absolute atomic E-state index is 13.8. The van der Waals surface area contributed by atoms with Gasteiger partial charge in [-0.05, 0) is 43.3 Å². The fourth-order valence-corrected chi connectivity index (χ4v) is 4.19. The SMILES string of the molecule is C[C@@H](CS(C)(=N)=O)NC(=O)c1cc(-c2ccc(Cl)cc2)nn(-c2cccc(F)c2)c1=O. The summed E-state index contributed by atoms with van der Waals surface area (Å²) in [5, 5.41) is 7.41. The Kier molecular flexibility index (Phi) is 6.56. The largest absolute Gasteiger partial charge is 0.348 e. The number of carbonyl (C=O) groups excluding carboxylic acids is 1. The molecule has 0 aliphatic heterocycles. The monoisotopic (exact) mass is 462 g/mol. The molecule has 1 amide bonds. The van der Waals surface area contributed by atoms with E-state index in [9.17, 15) is 18.2 Å². The molecule has 1 aromatic heterocycles. The summed E-state index contributed by atoms with van der Waals surface area (Å²) in [5.41, 5.74) is 0.0999. The number of benzene rings is 2. The van der Waals surface area contributed by atoms with Crippen molar-refractivity contribution in [1.82, 2.24) is 15.1 Å². The molecular formula is C21H20ClFN4O3S. The third-order valence-electron chi connectivity index (χ3n) is 4.29. The summed E-state index contributed by atoms with van der Waals surface area (Å²) in [6.45, 7) is 1.60. The molecule has 0 aliphatic rings. The average Bonchev–Trinajstić information content (AvgIpc) is 2.67. The summed E-state index contributed by atoms with van der Waals surface area (Å²) < 4.78 is 34.0. The van der Waals surface area contributed by atoms with Crippen molar-refractivity contribution in [2.45, 2.75) is 13.0 Å². The molecule has 3 aromatic rings. The van der Waals surface area contributed by atoms with Crippen molar-refractivity contribution in [3.05, 3.63) is 81.4 Å². The maximum atomic E-state index is 13.8. The van der Waals surface area contributed by atoms with Gasteiger partial charge in [0.1, 0.15) is 11.4 Å². The van der Waals surface area contributed by atoms with E-state index in [-0.39, 0.29) is 17.0 Å². The molecule has 0 bridgehead atoms. The number of hydrogen-bond donors (Lipinski definition) is 2. The molecule has 162 valence electrons. The van der Waals surface area contributed by atoms with E-state index in [0.717, 1.165) is 10.7 Å². The van der Waals surface area contributed by atoms with Crippen molar-refractivity contribution in [1.29, 1.82) is 4.78 Å². The number of halogens is 2. The minimum atomic E-state index is -2.84. The van der Waals surface area contributed by atoms with Crippen molar-refractivity contribution < 1.29 is 13.4 Å². The molecule has 31 heavy (non-hydrogen) atoms. The second-order valence-electron chi connectivity index (χ2n) is 7.19. The Bertz CT molecular complexity index is 1290. The van der Waals surface area contributed by atoms with Gasteiger partial charge in [0, 0.05) is 32.6 Å². The molecule has 10 heteroatoms. The van der Waals surface area contributed by atoms with Gasteiger partial charge in [0.05, 0.1) is 17.1 Å². The number of amides is 1. The van der Waals surface area contributed by atoms with Crippen LogP contribution in [0.4, 0.5) is 4.39 Å². The van der Waals surface area contributed by atoms with Gasteiger partial charge in [-0.25, -0.2) is 4.39 Å². The highest BCUT2D eigenvalue weighted by Crippen LogP contribution is 2.20. The van der Waals surface area contributed by atoms with E-state index >= 15 is 0 Å². The molecule has 0 aliphatic carbocycles. The zero-order chi connectivity index (χ0) is 22.8. The Balaban J connectivity index is 2.12. The molecular weight excluding hydrogens is 443 g/mol. The first-order valence-electron chi connectivity index (χ1n) is 9.22. The number of nitrogens with zero attached hydrogens (tertiary/aromatic N) is 2. The highest BCUT2D eigenvalue weighted by molar-refractivity contribution is 7.91. The Morgan fingerprint density at radius 2 is 1.94 bits per heavy atom. The quantitative estimate of drug-likeness (QED) is 0.585. The predicted molar refractivity (Wildman–Crippen MR) is 119 cm³/mol. The number of aromatic nitrogens is 2. The van der Waals surface area contributed by atoms with E-state index in [1.54, 1.807) is 31.2 Å². The molecule has 7 nitrogen and oxygen atoms in total. The standard InChI is InChI=1S/C21H20ClFN4O3S/c1-13(12-31(2,24)30)25-20(28)18-11-19(14-6-8-15(22)9-7-14)26-27(21(18)29)17-5-3-4-16(23)10-17/h3-11,13,24H,12H2,1-2H3,(H,25,28)/t13-,31?/m0/s1. The number of hydrogen-bond acceptors (Lipinski definition) is 5. The molecule has 0 fully saturated rings. The third-order valence-corrected chi connectivity index (χ3v) is 5.68. The van der Waals surface area contributed by atoms with Gasteiger partial charge in [0.2, 0.25) is 0 Å². The van der Waals surface area contributed by atoms with Gasteiger partial charge in [0.15, 0.2) is 0 Å². The van der Waals surface area contributed by atoms with Gasteiger partial charge in [-0.15, -0.1) is 0 Å². The lowest BCUT2D eigenvalue weighted by atomic mass is 10.1. The van der Waals surface area contributed by atoms with Gasteiger partial charge in [0.25, 0.3) is 11.5 Å². The van der Waals surface area contributed by atoms with E-state index in [1.165, 1.54) is 30.5 Å². The normalized spacial score (nSPS) is 13.9. The van der Waals surface area contributed by atoms with Gasteiger partial charge in [-0.1, -0.05) is 29.8 Å². The van der Waals surface area contributed by atoms with Crippen LogP contribution in [-0.2, 0) is 9.73 Å². The average molecular weight is 463 g/mol.